The molecule has 0 saturated carbocycles. The van der Waals surface area contributed by atoms with Crippen LogP contribution in [0.25, 0.3) is 16.8 Å². The normalized spacial score (nSPS) is 12.4. The van der Waals surface area contributed by atoms with Gasteiger partial charge in [-0.1, -0.05) is 37.3 Å². The summed E-state index contributed by atoms with van der Waals surface area (Å²) in [6.07, 6.45) is 8.31. The molecule has 3 rings (SSSR count). The van der Waals surface area contributed by atoms with Gasteiger partial charge in [0.05, 0.1) is 7.11 Å². The van der Waals surface area contributed by atoms with E-state index in [0.717, 1.165) is 23.1 Å². The smallest absolute Gasteiger partial charge is 0.155 e. The molecule has 0 saturated heterocycles. The zero-order chi connectivity index (χ0) is 18.4. The summed E-state index contributed by atoms with van der Waals surface area (Å²) in [6.45, 7) is 2.17. The van der Waals surface area contributed by atoms with Crippen LogP contribution in [0.3, 0.4) is 0 Å². The number of pyridine rings is 1. The van der Waals surface area contributed by atoms with E-state index in [-0.39, 0.29) is 5.78 Å². The number of allylic oxidation sites excluding steroid dienone is 1. The number of hydrogen-bond acceptors (Lipinski definition) is 3. The molecular formula is C23H23NO2. The molecule has 0 fully saturated rings. The molecule has 2 aromatic carbocycles. The van der Waals surface area contributed by atoms with Crippen LogP contribution in [0.1, 0.15) is 36.8 Å². The van der Waals surface area contributed by atoms with Gasteiger partial charge in [0, 0.05) is 18.8 Å². The largest absolute Gasteiger partial charge is 0.497 e. The van der Waals surface area contributed by atoms with Crippen LogP contribution in [0.2, 0.25) is 0 Å². The van der Waals surface area contributed by atoms with Crippen LogP contribution < -0.4 is 4.74 Å². The van der Waals surface area contributed by atoms with Crippen molar-refractivity contribution in [2.75, 3.05) is 7.11 Å². The quantitative estimate of drug-likeness (QED) is 0.538. The van der Waals surface area contributed by atoms with Crippen molar-refractivity contribution < 1.29 is 9.53 Å². The van der Waals surface area contributed by atoms with Crippen molar-refractivity contribution in [3.63, 3.8) is 0 Å². The molecule has 0 N–H and O–H groups in total. The molecule has 1 aromatic heterocycles. The van der Waals surface area contributed by atoms with Gasteiger partial charge in [-0.05, 0) is 64.6 Å². The van der Waals surface area contributed by atoms with E-state index in [4.69, 9.17) is 4.74 Å². The lowest BCUT2D eigenvalue weighted by Gasteiger charge is -2.12. The number of aromatic nitrogens is 1. The molecule has 0 bridgehead atoms. The maximum absolute atomic E-state index is 12.1. The highest BCUT2D eigenvalue weighted by atomic mass is 16.5. The molecule has 0 spiro atoms. The summed E-state index contributed by atoms with van der Waals surface area (Å²) in [4.78, 5) is 16.2. The van der Waals surface area contributed by atoms with Gasteiger partial charge in [0.25, 0.3) is 0 Å². The Hall–Kier alpha value is -2.94. The Morgan fingerprint density at radius 2 is 1.96 bits per heavy atom. The average Bonchev–Trinajstić information content (AvgIpc) is 2.70. The Bertz CT molecular complexity index is 916. The number of nitrogens with zero attached hydrogens (tertiary/aromatic N) is 1. The van der Waals surface area contributed by atoms with Crippen LogP contribution in [0.5, 0.6) is 5.75 Å². The average molecular weight is 345 g/mol. The maximum Gasteiger partial charge on any atom is 0.155 e. The predicted molar refractivity (Wildman–Crippen MR) is 106 cm³/mol. The third-order valence-electron chi connectivity index (χ3n) is 4.61. The highest BCUT2D eigenvalue weighted by Crippen LogP contribution is 2.27. The van der Waals surface area contributed by atoms with Crippen molar-refractivity contribution in [2.45, 2.75) is 25.7 Å². The monoisotopic (exact) mass is 345 g/mol. The van der Waals surface area contributed by atoms with Crippen molar-refractivity contribution in [1.82, 2.24) is 4.98 Å². The number of ketones is 1. The molecule has 26 heavy (non-hydrogen) atoms. The molecule has 1 heterocycles. The second-order valence-electron chi connectivity index (χ2n) is 6.50. The van der Waals surface area contributed by atoms with Crippen molar-refractivity contribution in [2.24, 2.45) is 0 Å². The molecule has 3 nitrogen and oxygen atoms in total. The number of carbonyl (C=O) groups excluding carboxylic acids is 1. The lowest BCUT2D eigenvalue weighted by atomic mass is 9.93. The summed E-state index contributed by atoms with van der Waals surface area (Å²) in [7, 11) is 1.68. The first kappa shape index (κ1) is 17.9. The van der Waals surface area contributed by atoms with E-state index in [1.54, 1.807) is 25.6 Å². The van der Waals surface area contributed by atoms with Crippen LogP contribution in [0, 0.1) is 0 Å². The molecule has 0 radical (unpaired) electrons. The molecule has 0 aliphatic heterocycles. The first-order chi connectivity index (χ1) is 12.7. The third-order valence-corrected chi connectivity index (χ3v) is 4.61. The van der Waals surface area contributed by atoms with Crippen molar-refractivity contribution in [1.29, 1.82) is 0 Å². The van der Waals surface area contributed by atoms with E-state index in [0.29, 0.717) is 12.3 Å². The summed E-state index contributed by atoms with van der Waals surface area (Å²) in [5.41, 5.74) is 2.20. The first-order valence-electron chi connectivity index (χ1n) is 8.84. The topological polar surface area (TPSA) is 39.2 Å². The Morgan fingerprint density at radius 1 is 1.15 bits per heavy atom. The SMILES string of the molecule is COc1ccc2cc(C(C)CCC(=O)/C=C\c3cccnc3)ccc2c1. The molecule has 3 heteroatoms. The van der Waals surface area contributed by atoms with E-state index in [1.165, 1.54) is 10.9 Å². The minimum atomic E-state index is 0.145. The van der Waals surface area contributed by atoms with Gasteiger partial charge >= 0.3 is 0 Å². The number of hydrogen-bond donors (Lipinski definition) is 0. The number of fused-ring (bicyclic) bond motifs is 1. The predicted octanol–water partition coefficient (Wildman–Crippen LogP) is 5.41. The van der Waals surface area contributed by atoms with Gasteiger partial charge in [0.1, 0.15) is 5.75 Å². The fourth-order valence-corrected chi connectivity index (χ4v) is 2.95. The summed E-state index contributed by atoms with van der Waals surface area (Å²) in [5.74, 6) is 1.34. The number of benzene rings is 2. The van der Waals surface area contributed by atoms with Crippen LogP contribution in [0.15, 0.2) is 67.0 Å². The lowest BCUT2D eigenvalue weighted by Crippen LogP contribution is -1.99. The summed E-state index contributed by atoms with van der Waals surface area (Å²) >= 11 is 0. The fourth-order valence-electron chi connectivity index (χ4n) is 2.95. The maximum atomic E-state index is 12.1. The second kappa shape index (κ2) is 8.43. The second-order valence-corrected chi connectivity index (χ2v) is 6.50. The Morgan fingerprint density at radius 3 is 2.73 bits per heavy atom. The van der Waals surface area contributed by atoms with Gasteiger partial charge in [-0.15, -0.1) is 0 Å². The van der Waals surface area contributed by atoms with Gasteiger partial charge in [0.2, 0.25) is 0 Å². The van der Waals surface area contributed by atoms with Crippen LogP contribution in [-0.4, -0.2) is 17.9 Å². The van der Waals surface area contributed by atoms with Crippen LogP contribution in [0.4, 0.5) is 0 Å². The number of ether oxygens (including phenoxy) is 1. The van der Waals surface area contributed by atoms with Gasteiger partial charge in [-0.3, -0.25) is 9.78 Å². The van der Waals surface area contributed by atoms with E-state index in [2.05, 4.69) is 36.2 Å². The van der Waals surface area contributed by atoms with Crippen molar-refractivity contribution in [3.8, 4) is 5.75 Å². The Balaban J connectivity index is 1.60. The summed E-state index contributed by atoms with van der Waals surface area (Å²) in [5, 5.41) is 2.36. The number of carbonyl (C=O) groups is 1. The van der Waals surface area contributed by atoms with E-state index in [9.17, 15) is 4.79 Å². The van der Waals surface area contributed by atoms with E-state index < -0.39 is 0 Å². The standard InChI is InChI=1S/C23H23NO2/c1-17(5-10-22(25)11-6-18-4-3-13-24-16-18)19-7-8-21-15-23(26-2)12-9-20(21)14-19/h3-4,6-9,11-17H,5,10H2,1-2H3/b11-6-. The van der Waals surface area contributed by atoms with E-state index in [1.807, 2.05) is 30.3 Å². The highest BCUT2D eigenvalue weighted by Gasteiger charge is 2.09. The lowest BCUT2D eigenvalue weighted by molar-refractivity contribution is -0.114. The molecular weight excluding hydrogens is 322 g/mol. The van der Waals surface area contributed by atoms with Crippen LogP contribution in [-0.2, 0) is 4.79 Å². The Labute approximate surface area is 154 Å². The minimum Gasteiger partial charge on any atom is -0.497 e. The summed E-state index contributed by atoms with van der Waals surface area (Å²) < 4.78 is 5.27. The molecule has 0 amide bonds. The molecule has 0 aliphatic carbocycles. The van der Waals surface area contributed by atoms with Crippen LogP contribution >= 0.6 is 0 Å². The van der Waals surface area contributed by atoms with E-state index >= 15 is 0 Å². The van der Waals surface area contributed by atoms with Crippen molar-refractivity contribution >= 4 is 22.6 Å². The minimum absolute atomic E-state index is 0.145. The Kier molecular flexibility index (Phi) is 5.80. The molecule has 1 atom stereocenters. The molecule has 132 valence electrons. The summed E-state index contributed by atoms with van der Waals surface area (Å²) in [6, 6.07) is 16.4. The molecule has 1 unspecified atom stereocenters. The molecule has 3 aromatic rings. The van der Waals surface area contributed by atoms with Gasteiger partial charge in [-0.2, -0.15) is 0 Å². The van der Waals surface area contributed by atoms with Gasteiger partial charge in [-0.25, -0.2) is 0 Å². The fraction of sp³-hybridized carbons (Fsp3) is 0.217. The zero-order valence-corrected chi connectivity index (χ0v) is 15.2. The zero-order valence-electron chi connectivity index (χ0n) is 15.2. The third kappa shape index (κ3) is 4.57. The highest BCUT2D eigenvalue weighted by molar-refractivity contribution is 5.93. The van der Waals surface area contributed by atoms with Crippen molar-refractivity contribution in [3.05, 3.63) is 78.1 Å². The van der Waals surface area contributed by atoms with Gasteiger partial charge < -0.3 is 4.74 Å². The molecule has 0 aliphatic rings. The van der Waals surface area contributed by atoms with Gasteiger partial charge in [0.15, 0.2) is 5.78 Å². The number of rotatable bonds is 7. The first-order valence-corrected chi connectivity index (χ1v) is 8.84. The number of methoxy groups -OCH3 is 1.